The van der Waals surface area contributed by atoms with Crippen LogP contribution in [0, 0.1) is 0 Å². The molecule has 5 nitrogen and oxygen atoms in total. The van der Waals surface area contributed by atoms with Crippen molar-refractivity contribution in [3.8, 4) is 11.6 Å². The highest BCUT2D eigenvalue weighted by Crippen LogP contribution is 2.33. The Morgan fingerprint density at radius 3 is 2.62 bits per heavy atom. The van der Waals surface area contributed by atoms with E-state index in [1.807, 2.05) is 26.0 Å². The SMILES string of the molecule is CC(C)c1cc(Br)ccc1Oc1ncccc1S(N)(=O)=O. The predicted octanol–water partition coefficient (Wildman–Crippen LogP) is 3.41. The molecule has 7 heteroatoms. The van der Waals surface area contributed by atoms with E-state index in [0.717, 1.165) is 10.0 Å². The Morgan fingerprint density at radius 1 is 1.29 bits per heavy atom. The lowest BCUT2D eigenvalue weighted by Gasteiger charge is -2.15. The third-order valence-corrected chi connectivity index (χ3v) is 4.26. The topological polar surface area (TPSA) is 82.3 Å². The molecular weight excluding hydrogens is 356 g/mol. The summed E-state index contributed by atoms with van der Waals surface area (Å²) >= 11 is 3.41. The van der Waals surface area contributed by atoms with E-state index in [9.17, 15) is 8.42 Å². The van der Waals surface area contributed by atoms with Gasteiger partial charge in [-0.2, -0.15) is 0 Å². The predicted molar refractivity (Wildman–Crippen MR) is 83.9 cm³/mol. The van der Waals surface area contributed by atoms with Gasteiger partial charge in [0.2, 0.25) is 15.9 Å². The summed E-state index contributed by atoms with van der Waals surface area (Å²) < 4.78 is 29.7. The molecule has 0 fully saturated rings. The number of primary sulfonamides is 1. The van der Waals surface area contributed by atoms with Crippen LogP contribution in [0.25, 0.3) is 0 Å². The molecule has 0 atom stereocenters. The van der Waals surface area contributed by atoms with Crippen molar-refractivity contribution in [1.29, 1.82) is 0 Å². The highest BCUT2D eigenvalue weighted by molar-refractivity contribution is 9.10. The Balaban J connectivity index is 2.49. The first-order chi connectivity index (χ1) is 9.79. The van der Waals surface area contributed by atoms with Gasteiger partial charge in [-0.15, -0.1) is 0 Å². The molecule has 1 aromatic heterocycles. The fourth-order valence-electron chi connectivity index (χ4n) is 1.84. The van der Waals surface area contributed by atoms with Gasteiger partial charge in [0.05, 0.1) is 0 Å². The summed E-state index contributed by atoms with van der Waals surface area (Å²) in [4.78, 5) is 3.83. The summed E-state index contributed by atoms with van der Waals surface area (Å²) in [5.74, 6) is 0.736. The number of aromatic nitrogens is 1. The van der Waals surface area contributed by atoms with Crippen molar-refractivity contribution in [2.24, 2.45) is 5.14 Å². The molecule has 2 aromatic rings. The fraction of sp³-hybridized carbons (Fsp3) is 0.214. The Morgan fingerprint density at radius 2 is 2.00 bits per heavy atom. The van der Waals surface area contributed by atoms with Gasteiger partial charge in [-0.3, -0.25) is 0 Å². The van der Waals surface area contributed by atoms with Crippen molar-refractivity contribution in [1.82, 2.24) is 4.98 Å². The van der Waals surface area contributed by atoms with Crippen LogP contribution >= 0.6 is 15.9 Å². The van der Waals surface area contributed by atoms with E-state index < -0.39 is 10.0 Å². The Labute approximate surface area is 132 Å². The molecule has 0 aliphatic heterocycles. The lowest BCUT2D eigenvalue weighted by Crippen LogP contribution is -2.14. The lowest BCUT2D eigenvalue weighted by atomic mass is 10.0. The molecule has 0 bridgehead atoms. The summed E-state index contributed by atoms with van der Waals surface area (Å²) in [5.41, 5.74) is 0.940. The summed E-state index contributed by atoms with van der Waals surface area (Å²) in [7, 11) is -3.89. The molecular formula is C14H15BrN2O3S. The molecule has 0 radical (unpaired) electrons. The number of pyridine rings is 1. The molecule has 0 aliphatic rings. The van der Waals surface area contributed by atoms with Gasteiger partial charge in [-0.1, -0.05) is 29.8 Å². The van der Waals surface area contributed by atoms with Crippen molar-refractivity contribution < 1.29 is 13.2 Å². The number of ether oxygens (including phenoxy) is 1. The van der Waals surface area contributed by atoms with Crippen molar-refractivity contribution >= 4 is 26.0 Å². The highest BCUT2D eigenvalue weighted by Gasteiger charge is 2.18. The second-order valence-corrected chi connectivity index (χ2v) is 7.24. The quantitative estimate of drug-likeness (QED) is 0.893. The average molecular weight is 371 g/mol. The minimum absolute atomic E-state index is 0.0239. The van der Waals surface area contributed by atoms with Gasteiger partial charge in [0, 0.05) is 10.7 Å². The fourth-order valence-corrected chi connectivity index (χ4v) is 2.82. The average Bonchev–Trinajstić information content (AvgIpc) is 2.40. The second kappa shape index (κ2) is 6.13. The number of sulfonamides is 1. The van der Waals surface area contributed by atoms with Crippen LogP contribution in [0.5, 0.6) is 11.6 Å². The van der Waals surface area contributed by atoms with Crippen molar-refractivity contribution in [3.05, 3.63) is 46.6 Å². The molecule has 112 valence electrons. The summed E-state index contributed by atoms with van der Waals surface area (Å²) in [6.45, 7) is 4.04. The van der Waals surface area contributed by atoms with Crippen LogP contribution in [-0.4, -0.2) is 13.4 Å². The van der Waals surface area contributed by atoms with Gasteiger partial charge >= 0.3 is 0 Å². The minimum Gasteiger partial charge on any atom is -0.437 e. The van der Waals surface area contributed by atoms with Crippen LogP contribution < -0.4 is 9.88 Å². The minimum atomic E-state index is -3.89. The number of halogens is 1. The molecule has 2 rings (SSSR count). The highest BCUT2D eigenvalue weighted by atomic mass is 79.9. The first-order valence-electron chi connectivity index (χ1n) is 6.24. The number of nitrogens with zero attached hydrogens (tertiary/aromatic N) is 1. The van der Waals surface area contributed by atoms with Crippen LogP contribution in [0.2, 0.25) is 0 Å². The van der Waals surface area contributed by atoms with Gasteiger partial charge in [0.15, 0.2) is 0 Å². The van der Waals surface area contributed by atoms with Crippen molar-refractivity contribution in [2.75, 3.05) is 0 Å². The van der Waals surface area contributed by atoms with Crippen molar-refractivity contribution in [2.45, 2.75) is 24.7 Å². The van der Waals surface area contributed by atoms with Crippen LogP contribution in [0.4, 0.5) is 0 Å². The molecule has 21 heavy (non-hydrogen) atoms. The number of nitrogens with two attached hydrogens (primary N) is 1. The smallest absolute Gasteiger partial charge is 0.243 e. The van der Waals surface area contributed by atoms with E-state index >= 15 is 0 Å². The standard InChI is InChI=1S/C14H15BrN2O3S/c1-9(2)11-8-10(15)5-6-12(11)20-14-13(21(16,18)19)4-3-7-17-14/h3-9H,1-2H3,(H2,16,18,19). The third-order valence-electron chi connectivity index (χ3n) is 2.84. The number of hydrogen-bond donors (Lipinski definition) is 1. The monoisotopic (exact) mass is 370 g/mol. The number of rotatable bonds is 4. The first-order valence-corrected chi connectivity index (χ1v) is 8.58. The number of benzene rings is 1. The van der Waals surface area contributed by atoms with E-state index in [1.54, 1.807) is 6.07 Å². The van der Waals surface area contributed by atoms with Gasteiger partial charge in [0.1, 0.15) is 10.6 Å². The molecule has 0 spiro atoms. The van der Waals surface area contributed by atoms with E-state index in [2.05, 4.69) is 20.9 Å². The maximum Gasteiger partial charge on any atom is 0.243 e. The van der Waals surface area contributed by atoms with E-state index in [-0.39, 0.29) is 16.7 Å². The number of hydrogen-bond acceptors (Lipinski definition) is 4. The molecule has 0 aliphatic carbocycles. The Hall–Kier alpha value is -1.44. The largest absolute Gasteiger partial charge is 0.437 e. The zero-order chi connectivity index (χ0) is 15.6. The van der Waals surface area contributed by atoms with Gasteiger partial charge in [-0.25, -0.2) is 18.5 Å². The second-order valence-electron chi connectivity index (χ2n) is 4.79. The normalized spacial score (nSPS) is 11.7. The summed E-state index contributed by atoms with van der Waals surface area (Å²) in [6.07, 6.45) is 1.46. The van der Waals surface area contributed by atoms with Gasteiger partial charge in [-0.05, 0) is 41.8 Å². The van der Waals surface area contributed by atoms with Crippen molar-refractivity contribution in [3.63, 3.8) is 0 Å². The molecule has 1 aromatic carbocycles. The molecule has 1 heterocycles. The van der Waals surface area contributed by atoms with Crippen LogP contribution in [0.15, 0.2) is 45.9 Å². The summed E-state index contributed by atoms with van der Waals surface area (Å²) in [6, 6.07) is 8.38. The molecule has 0 unspecified atom stereocenters. The molecule has 0 amide bonds. The molecule has 0 saturated heterocycles. The van der Waals surface area contributed by atoms with E-state index in [1.165, 1.54) is 18.3 Å². The lowest BCUT2D eigenvalue weighted by molar-refractivity contribution is 0.439. The Kier molecular flexibility index (Phi) is 4.65. The maximum absolute atomic E-state index is 11.6. The van der Waals surface area contributed by atoms with Crippen LogP contribution in [0.1, 0.15) is 25.3 Å². The van der Waals surface area contributed by atoms with Crippen LogP contribution in [0.3, 0.4) is 0 Å². The molecule has 2 N–H and O–H groups in total. The van der Waals surface area contributed by atoms with E-state index in [4.69, 9.17) is 9.88 Å². The van der Waals surface area contributed by atoms with Crippen LogP contribution in [-0.2, 0) is 10.0 Å². The zero-order valence-electron chi connectivity index (χ0n) is 11.6. The maximum atomic E-state index is 11.6. The van der Waals surface area contributed by atoms with Gasteiger partial charge in [0.25, 0.3) is 0 Å². The van der Waals surface area contributed by atoms with E-state index in [0.29, 0.717) is 5.75 Å². The molecule has 0 saturated carbocycles. The first kappa shape index (κ1) is 15.9. The Bertz CT molecular complexity index is 761. The summed E-state index contributed by atoms with van der Waals surface area (Å²) in [5, 5.41) is 5.18. The zero-order valence-corrected chi connectivity index (χ0v) is 14.0. The third kappa shape index (κ3) is 3.81. The van der Waals surface area contributed by atoms with Gasteiger partial charge < -0.3 is 4.74 Å².